The van der Waals surface area contributed by atoms with Crippen LogP contribution in [-0.2, 0) is 48.3 Å². The Morgan fingerprint density at radius 1 is 1.02 bits per heavy atom. The lowest BCUT2D eigenvalue weighted by Crippen LogP contribution is -2.36. The summed E-state index contributed by atoms with van der Waals surface area (Å²) in [5.41, 5.74) is 9.91. The highest BCUT2D eigenvalue weighted by molar-refractivity contribution is 6.30. The molecule has 0 fully saturated rings. The first-order valence-corrected chi connectivity index (χ1v) is 16.0. The minimum absolute atomic E-state index is 0.0211. The van der Waals surface area contributed by atoms with Gasteiger partial charge in [-0.1, -0.05) is 73.5 Å². The molecule has 1 aromatic heterocycles. The maximum absolute atomic E-state index is 12.1. The summed E-state index contributed by atoms with van der Waals surface area (Å²) < 4.78 is 16.5. The number of aromatic nitrogens is 2. The van der Waals surface area contributed by atoms with Gasteiger partial charge in [0.1, 0.15) is 12.4 Å². The number of benzene rings is 2. The van der Waals surface area contributed by atoms with Gasteiger partial charge in [0.2, 0.25) is 0 Å². The van der Waals surface area contributed by atoms with Crippen LogP contribution in [0.2, 0.25) is 5.15 Å². The number of unbranched alkanes of at least 4 members (excludes halogenated alkanes) is 1. The van der Waals surface area contributed by atoms with Gasteiger partial charge in [-0.05, 0) is 29.5 Å². The normalized spacial score (nSPS) is 10.8. The molecular weight excluding hydrogens is 696 g/mol. The summed E-state index contributed by atoms with van der Waals surface area (Å²) in [7, 11) is 1.53. The molecule has 1 amide bonds. The van der Waals surface area contributed by atoms with E-state index in [0.717, 1.165) is 41.8 Å². The van der Waals surface area contributed by atoms with Crippen molar-refractivity contribution in [2.75, 3.05) is 33.5 Å². The van der Waals surface area contributed by atoms with Crippen molar-refractivity contribution in [1.82, 2.24) is 14.7 Å². The van der Waals surface area contributed by atoms with Crippen LogP contribution in [0, 0.1) is 20.2 Å². The Kier molecular flexibility index (Phi) is 18.8. The molecule has 278 valence electrons. The molecule has 0 saturated carbocycles. The lowest BCUT2D eigenvalue weighted by Gasteiger charge is -2.15. The number of rotatable bonds is 21. The molecule has 0 unspecified atom stereocenters. The fourth-order valence-corrected chi connectivity index (χ4v) is 4.63. The Morgan fingerprint density at radius 2 is 1.67 bits per heavy atom. The number of hydrogen-bond donors (Lipinski definition) is 2. The predicted octanol–water partition coefficient (Wildman–Crippen LogP) is 4.03. The number of methoxy groups -OCH3 is 1. The Hall–Kier alpha value is -5.53. The molecule has 2 aromatic carbocycles. The number of hydrazine groups is 1. The predicted molar refractivity (Wildman–Crippen MR) is 183 cm³/mol. The second kappa shape index (κ2) is 23.0. The van der Waals surface area contributed by atoms with E-state index in [1.165, 1.54) is 7.11 Å². The summed E-state index contributed by atoms with van der Waals surface area (Å²) in [6, 6.07) is 15.0. The van der Waals surface area contributed by atoms with Gasteiger partial charge in [-0.25, -0.2) is 15.6 Å². The molecule has 3 aromatic rings. The minimum Gasteiger partial charge on any atom is -0.461 e. The summed E-state index contributed by atoms with van der Waals surface area (Å²) in [5.74, 6) is 6.48. The third-order valence-corrected chi connectivity index (χ3v) is 7.06. The molecule has 0 spiro atoms. The van der Waals surface area contributed by atoms with Crippen LogP contribution in [-0.4, -0.2) is 76.8 Å². The molecule has 19 nitrogen and oxygen atoms in total. The van der Waals surface area contributed by atoms with Crippen molar-refractivity contribution in [1.29, 1.82) is 0 Å². The Labute approximate surface area is 298 Å². The summed E-state index contributed by atoms with van der Waals surface area (Å²) in [6.07, 6.45) is 2.34. The van der Waals surface area contributed by atoms with E-state index in [1.807, 2.05) is 41.0 Å². The number of nitrogens with two attached hydrogens (primary N) is 2. The van der Waals surface area contributed by atoms with Gasteiger partial charge in [-0.15, -0.1) is 30.4 Å². The zero-order valence-corrected chi connectivity index (χ0v) is 28.9. The van der Waals surface area contributed by atoms with Crippen molar-refractivity contribution in [2.24, 2.45) is 16.7 Å². The quantitative estimate of drug-likeness (QED) is 0.0229. The SMILES string of the molecule is CCCCc1nc(Cl)c(COC=O)n1Cc1ccc(-c2ccccc2/C(N)=N/N(N)C(=O)OCCCO[N+](=O)[O-])cc1.COCCCO[N+](=O)[O-]. The standard InChI is InChI=1S/C27H32ClN7O7.C4H9NO4/c1-2-3-9-24-31-25(28)23(17-40-18-36)33(24)16-19-10-12-20(13-11-19)21-7-4-5-8-22(21)26(29)32-34(30)27(37)41-14-6-15-42-35(38)39;1-8-3-2-4-9-5(6)7/h4-5,7-8,10-13,18H,2-3,6,9,14-17,30H2,1H3,(H2,29,32);2-4H2,1H3. The minimum atomic E-state index is -0.989. The van der Waals surface area contributed by atoms with Gasteiger partial charge in [-0.2, -0.15) is 0 Å². The first kappa shape index (κ1) is 41.6. The lowest BCUT2D eigenvalue weighted by atomic mass is 9.98. The summed E-state index contributed by atoms with van der Waals surface area (Å²) >= 11 is 6.37. The zero-order chi connectivity index (χ0) is 37.6. The van der Waals surface area contributed by atoms with Gasteiger partial charge in [0.15, 0.2) is 11.0 Å². The molecule has 0 radical (unpaired) electrons. The van der Waals surface area contributed by atoms with Crippen LogP contribution >= 0.6 is 11.6 Å². The van der Waals surface area contributed by atoms with Crippen molar-refractivity contribution in [3.63, 3.8) is 0 Å². The van der Waals surface area contributed by atoms with Crippen molar-refractivity contribution >= 4 is 30.0 Å². The molecule has 1 heterocycles. The molecule has 0 aliphatic heterocycles. The van der Waals surface area contributed by atoms with E-state index in [1.54, 1.807) is 12.1 Å². The highest BCUT2D eigenvalue weighted by Crippen LogP contribution is 2.26. The van der Waals surface area contributed by atoms with Gasteiger partial charge < -0.3 is 34.2 Å². The van der Waals surface area contributed by atoms with Crippen LogP contribution in [0.4, 0.5) is 4.79 Å². The van der Waals surface area contributed by atoms with E-state index in [0.29, 0.717) is 47.6 Å². The van der Waals surface area contributed by atoms with E-state index in [-0.39, 0.29) is 38.7 Å². The van der Waals surface area contributed by atoms with Gasteiger partial charge in [0, 0.05) is 38.7 Å². The average molecular weight is 737 g/mol. The van der Waals surface area contributed by atoms with Crippen LogP contribution in [0.5, 0.6) is 0 Å². The third-order valence-electron chi connectivity index (χ3n) is 6.76. The van der Waals surface area contributed by atoms with Crippen LogP contribution < -0.4 is 11.6 Å². The topological polar surface area (TPSA) is 252 Å². The van der Waals surface area contributed by atoms with Crippen LogP contribution in [0.15, 0.2) is 53.6 Å². The van der Waals surface area contributed by atoms with Crippen LogP contribution in [0.3, 0.4) is 0 Å². The first-order valence-electron chi connectivity index (χ1n) is 15.6. The zero-order valence-electron chi connectivity index (χ0n) is 28.2. The molecule has 0 aliphatic carbocycles. The third kappa shape index (κ3) is 14.9. The number of carbonyl (C=O) groups is 2. The van der Waals surface area contributed by atoms with Crippen LogP contribution in [0.25, 0.3) is 11.1 Å². The number of hydrogen-bond acceptors (Lipinski definition) is 14. The number of aryl methyl sites for hydroxylation is 1. The summed E-state index contributed by atoms with van der Waals surface area (Å²) in [4.78, 5) is 55.2. The number of imidazole rings is 1. The Bertz CT molecular complexity index is 1590. The second-order valence-electron chi connectivity index (χ2n) is 10.4. The number of ether oxygens (including phenoxy) is 3. The van der Waals surface area contributed by atoms with E-state index >= 15 is 0 Å². The van der Waals surface area contributed by atoms with E-state index in [2.05, 4.69) is 31.4 Å². The highest BCUT2D eigenvalue weighted by atomic mass is 35.5. The van der Waals surface area contributed by atoms with E-state index in [9.17, 15) is 29.8 Å². The van der Waals surface area contributed by atoms with Crippen molar-refractivity contribution < 1.29 is 43.6 Å². The molecular formula is C31H41ClN8O11. The molecule has 0 bridgehead atoms. The Morgan fingerprint density at radius 3 is 2.27 bits per heavy atom. The summed E-state index contributed by atoms with van der Waals surface area (Å²) in [6.45, 7) is 3.19. The van der Waals surface area contributed by atoms with Crippen molar-refractivity contribution in [3.8, 4) is 11.1 Å². The van der Waals surface area contributed by atoms with Gasteiger partial charge in [-0.3, -0.25) is 4.79 Å². The van der Waals surface area contributed by atoms with E-state index < -0.39 is 16.3 Å². The molecule has 51 heavy (non-hydrogen) atoms. The Balaban J connectivity index is 0.000000880. The van der Waals surface area contributed by atoms with Gasteiger partial charge in [0.05, 0.1) is 25.5 Å². The number of amides is 1. The summed E-state index contributed by atoms with van der Waals surface area (Å²) in [5, 5.41) is 22.6. The number of amidine groups is 1. The van der Waals surface area contributed by atoms with E-state index in [4.69, 9.17) is 32.7 Å². The number of hydrazone groups is 1. The number of halogens is 1. The van der Waals surface area contributed by atoms with Crippen molar-refractivity contribution in [2.45, 2.75) is 52.2 Å². The molecule has 20 heteroatoms. The molecule has 3 rings (SSSR count). The molecule has 0 saturated heterocycles. The van der Waals surface area contributed by atoms with Gasteiger partial charge >= 0.3 is 6.09 Å². The van der Waals surface area contributed by atoms with Crippen LogP contribution in [0.1, 0.15) is 55.3 Å². The molecule has 4 N–H and O–H groups in total. The highest BCUT2D eigenvalue weighted by Gasteiger charge is 2.17. The monoisotopic (exact) mass is 736 g/mol. The lowest BCUT2D eigenvalue weighted by molar-refractivity contribution is -0.757. The molecule has 0 aliphatic rings. The fourth-order valence-electron chi connectivity index (χ4n) is 4.38. The fraction of sp³-hybridized carbons (Fsp3) is 0.419. The van der Waals surface area contributed by atoms with Gasteiger partial charge in [0.25, 0.3) is 16.6 Å². The average Bonchev–Trinajstić information content (AvgIpc) is 3.40. The largest absolute Gasteiger partial charge is 0.461 e. The number of nitrogens with zero attached hydrogens (tertiary/aromatic N) is 6. The molecule has 0 atom stereocenters. The second-order valence-corrected chi connectivity index (χ2v) is 10.7. The first-order chi connectivity index (χ1) is 24.5. The smallest absolute Gasteiger partial charge is 0.445 e. The van der Waals surface area contributed by atoms with Crippen molar-refractivity contribution in [3.05, 3.63) is 96.6 Å². The number of carbonyl (C=O) groups excluding carboxylic acids is 2. The maximum Gasteiger partial charge on any atom is 0.445 e. The maximum atomic E-state index is 12.1.